The van der Waals surface area contributed by atoms with Gasteiger partial charge in [-0.2, -0.15) is 0 Å². The second kappa shape index (κ2) is 15.5. The smallest absolute Gasteiger partial charge is 0.272 e. The molecule has 5 aromatic rings. The van der Waals surface area contributed by atoms with Crippen LogP contribution in [-0.4, -0.2) is 77.4 Å². The highest BCUT2D eigenvalue weighted by atomic mass is 35.5. The first-order valence-corrected chi connectivity index (χ1v) is 15.7. The largest absolute Gasteiger partial charge is 0.488 e. The van der Waals surface area contributed by atoms with Crippen molar-refractivity contribution in [3.8, 4) is 17.4 Å². The van der Waals surface area contributed by atoms with E-state index in [1.165, 1.54) is 0 Å². The van der Waals surface area contributed by atoms with E-state index < -0.39 is 13.0 Å². The fourth-order valence-electron chi connectivity index (χ4n) is 5.72. The number of pyridine rings is 1. The molecule has 1 fully saturated rings. The van der Waals surface area contributed by atoms with Gasteiger partial charge in [-0.25, -0.2) is 13.8 Å². The molecule has 0 N–H and O–H groups in total. The van der Waals surface area contributed by atoms with Gasteiger partial charge in [0.1, 0.15) is 23.8 Å². The summed E-state index contributed by atoms with van der Waals surface area (Å²) in [6.45, 7) is 4.69. The molecule has 2 aromatic heterocycles. The molecule has 0 atom stereocenters. The van der Waals surface area contributed by atoms with E-state index >= 15 is 0 Å². The zero-order chi connectivity index (χ0) is 33.8. The normalized spacial score (nSPS) is 13.3. The third-order valence-corrected chi connectivity index (χ3v) is 8.53. The predicted octanol–water partition coefficient (Wildman–Crippen LogP) is 6.97. The fourth-order valence-corrected chi connectivity index (χ4v) is 5.72. The van der Waals surface area contributed by atoms with Gasteiger partial charge in [-0.3, -0.25) is 14.5 Å². The second-order valence-corrected chi connectivity index (χ2v) is 11.9. The van der Waals surface area contributed by atoms with Gasteiger partial charge in [0.05, 0.1) is 17.4 Å². The average Bonchev–Trinajstić information content (AvgIpc) is 3.43. The van der Waals surface area contributed by atoms with Gasteiger partial charge in [0.2, 0.25) is 5.88 Å². The number of ether oxygens (including phenoxy) is 2. The van der Waals surface area contributed by atoms with Gasteiger partial charge in [0, 0.05) is 69.9 Å². The third-order valence-electron chi connectivity index (χ3n) is 8.53. The number of rotatable bonds is 10. The maximum atomic E-state index is 13.6. The Labute approximate surface area is 290 Å². The lowest BCUT2D eigenvalue weighted by Crippen LogP contribution is -2.48. The summed E-state index contributed by atoms with van der Waals surface area (Å²) in [6.07, 6.45) is -0.904. The van der Waals surface area contributed by atoms with Crippen LogP contribution < -0.4 is 14.4 Å². The van der Waals surface area contributed by atoms with Crippen molar-refractivity contribution < 1.29 is 27.8 Å². The minimum absolute atomic E-state index is 0. The number of halogens is 3. The molecule has 0 unspecified atom stereocenters. The quantitative estimate of drug-likeness (QED) is 0.158. The molecular formula is C37H38ClF2N5O4. The molecule has 6 rings (SSSR count). The molecule has 0 radical (unpaired) electrons. The lowest BCUT2D eigenvalue weighted by Gasteiger charge is -2.34. The number of hydrogen-bond donors (Lipinski definition) is 0. The number of piperazine rings is 1. The number of carbonyl (C=O) groups excluding carboxylic acids is 2. The number of aryl methyl sites for hydroxylation is 2. The van der Waals surface area contributed by atoms with Gasteiger partial charge >= 0.3 is 0 Å². The summed E-state index contributed by atoms with van der Waals surface area (Å²) in [7, 11) is 3.58. The van der Waals surface area contributed by atoms with E-state index in [4.69, 9.17) is 9.47 Å². The standard InChI is InChI=1S/C37H37F2N5O4.ClH/c1-25-4-8-27(9-5-25)36(45)41(2)29-11-15-35(40-22-29)48-31-14-10-28-20-33(42(3)32(28)21-31)37(46)44-18-16-43(17-19-44)23-26-6-12-30(13-7-26)47-24-34(38)39;/h4-15,20-22,34H,16-19,23-24H2,1-3H3;1H. The summed E-state index contributed by atoms with van der Waals surface area (Å²) in [5.41, 5.74) is 4.84. The van der Waals surface area contributed by atoms with Crippen molar-refractivity contribution in [2.45, 2.75) is 19.9 Å². The Balaban J connectivity index is 0.00000468. The van der Waals surface area contributed by atoms with Gasteiger partial charge in [0.15, 0.2) is 0 Å². The van der Waals surface area contributed by atoms with Crippen molar-refractivity contribution in [3.05, 3.63) is 114 Å². The molecule has 256 valence electrons. The van der Waals surface area contributed by atoms with Crippen LogP contribution in [0.25, 0.3) is 10.9 Å². The van der Waals surface area contributed by atoms with Crippen LogP contribution in [0.1, 0.15) is 32.0 Å². The van der Waals surface area contributed by atoms with Crippen LogP contribution >= 0.6 is 12.4 Å². The topological polar surface area (TPSA) is 80.1 Å². The summed E-state index contributed by atoms with van der Waals surface area (Å²) in [5.74, 6) is 1.22. The van der Waals surface area contributed by atoms with Crippen molar-refractivity contribution >= 4 is 40.8 Å². The highest BCUT2D eigenvalue weighted by Gasteiger charge is 2.25. The van der Waals surface area contributed by atoms with E-state index in [-0.39, 0.29) is 24.2 Å². The Morgan fingerprint density at radius 1 is 0.898 bits per heavy atom. The van der Waals surface area contributed by atoms with Crippen LogP contribution in [0.4, 0.5) is 14.5 Å². The molecule has 1 saturated heterocycles. The number of benzene rings is 3. The van der Waals surface area contributed by atoms with Gasteiger partial charge in [0.25, 0.3) is 18.2 Å². The maximum absolute atomic E-state index is 13.6. The molecule has 9 nitrogen and oxygen atoms in total. The lowest BCUT2D eigenvalue weighted by molar-refractivity contribution is 0.0619. The summed E-state index contributed by atoms with van der Waals surface area (Å²) in [6, 6.07) is 25.7. The number of anilines is 1. The summed E-state index contributed by atoms with van der Waals surface area (Å²) in [5, 5.41) is 0.923. The minimum atomic E-state index is -2.51. The van der Waals surface area contributed by atoms with Gasteiger partial charge < -0.3 is 23.8 Å². The maximum Gasteiger partial charge on any atom is 0.272 e. The zero-order valence-corrected chi connectivity index (χ0v) is 28.3. The first kappa shape index (κ1) is 35.3. The minimum Gasteiger partial charge on any atom is -0.488 e. The van der Waals surface area contributed by atoms with Gasteiger partial charge in [-0.1, -0.05) is 29.8 Å². The molecule has 12 heteroatoms. The molecule has 1 aliphatic heterocycles. The predicted molar refractivity (Wildman–Crippen MR) is 188 cm³/mol. The number of nitrogens with zero attached hydrogens (tertiary/aromatic N) is 5. The van der Waals surface area contributed by atoms with Crippen molar-refractivity contribution in [1.29, 1.82) is 0 Å². The molecule has 49 heavy (non-hydrogen) atoms. The van der Waals surface area contributed by atoms with Crippen molar-refractivity contribution in [3.63, 3.8) is 0 Å². The van der Waals surface area contributed by atoms with E-state index in [2.05, 4.69) is 9.88 Å². The summed E-state index contributed by atoms with van der Waals surface area (Å²) in [4.78, 5) is 36.5. The molecule has 1 aliphatic rings. The number of hydrogen-bond acceptors (Lipinski definition) is 6. The first-order chi connectivity index (χ1) is 23.1. The SMILES string of the molecule is Cc1ccc(C(=O)N(C)c2ccc(Oc3ccc4cc(C(=O)N5CCN(Cc6ccc(OCC(F)F)cc6)CC5)n(C)c4c3)nc2)cc1.Cl. The Kier molecular flexibility index (Phi) is 11.2. The van der Waals surface area contributed by atoms with Crippen LogP contribution in [0, 0.1) is 6.92 Å². The van der Waals surface area contributed by atoms with E-state index in [0.29, 0.717) is 54.0 Å². The van der Waals surface area contributed by atoms with Crippen molar-refractivity contribution in [2.24, 2.45) is 7.05 Å². The molecule has 3 heterocycles. The summed E-state index contributed by atoms with van der Waals surface area (Å²) < 4.78 is 37.8. The monoisotopic (exact) mass is 689 g/mol. The highest BCUT2D eigenvalue weighted by Crippen LogP contribution is 2.28. The van der Waals surface area contributed by atoms with Crippen LogP contribution in [-0.2, 0) is 13.6 Å². The van der Waals surface area contributed by atoms with Crippen LogP contribution in [0.3, 0.4) is 0 Å². The van der Waals surface area contributed by atoms with Crippen LogP contribution in [0.5, 0.6) is 17.4 Å². The number of carbonyl (C=O) groups is 2. The van der Waals surface area contributed by atoms with Crippen LogP contribution in [0.15, 0.2) is 91.1 Å². The molecule has 0 bridgehead atoms. The van der Waals surface area contributed by atoms with Crippen LogP contribution in [0.2, 0.25) is 0 Å². The van der Waals surface area contributed by atoms with Crippen molar-refractivity contribution in [2.75, 3.05) is 44.7 Å². The summed E-state index contributed by atoms with van der Waals surface area (Å²) >= 11 is 0. The Morgan fingerprint density at radius 2 is 1.59 bits per heavy atom. The van der Waals surface area contributed by atoms with E-state index in [9.17, 15) is 18.4 Å². The lowest BCUT2D eigenvalue weighted by atomic mass is 10.1. The molecule has 2 amide bonds. The Morgan fingerprint density at radius 3 is 2.24 bits per heavy atom. The molecular weight excluding hydrogens is 652 g/mol. The molecule has 3 aromatic carbocycles. The second-order valence-electron chi connectivity index (χ2n) is 11.9. The average molecular weight is 690 g/mol. The Bertz CT molecular complexity index is 1890. The number of fused-ring (bicyclic) bond motifs is 1. The van der Waals surface area contributed by atoms with E-state index in [0.717, 1.165) is 35.1 Å². The zero-order valence-electron chi connectivity index (χ0n) is 27.5. The molecule has 0 saturated carbocycles. The van der Waals surface area contributed by atoms with Gasteiger partial charge in [-0.05, 0) is 61.0 Å². The van der Waals surface area contributed by atoms with E-state index in [1.807, 2.05) is 84.1 Å². The van der Waals surface area contributed by atoms with E-state index in [1.54, 1.807) is 42.4 Å². The first-order valence-electron chi connectivity index (χ1n) is 15.7. The Hall–Kier alpha value is -5.00. The van der Waals surface area contributed by atoms with Gasteiger partial charge in [-0.15, -0.1) is 12.4 Å². The molecule has 0 aliphatic carbocycles. The number of aromatic nitrogens is 2. The highest BCUT2D eigenvalue weighted by molar-refractivity contribution is 6.05. The fraction of sp³-hybridized carbons (Fsp3) is 0.270. The number of alkyl halides is 2. The number of amides is 2. The molecule has 0 spiro atoms. The van der Waals surface area contributed by atoms with Crippen molar-refractivity contribution in [1.82, 2.24) is 19.4 Å². The third kappa shape index (κ3) is 8.36.